The van der Waals surface area contributed by atoms with Gasteiger partial charge >= 0.3 is 15.6 Å². The predicted octanol–water partition coefficient (Wildman–Crippen LogP) is 3.26. The van der Waals surface area contributed by atoms with Gasteiger partial charge in [0, 0.05) is 18.4 Å². The van der Waals surface area contributed by atoms with Crippen molar-refractivity contribution < 1.29 is 35.3 Å². The fourth-order valence-corrected chi connectivity index (χ4v) is 4.54. The number of benzene rings is 1. The topological polar surface area (TPSA) is 121 Å². The van der Waals surface area contributed by atoms with Crippen LogP contribution in [-0.2, 0) is 23.1 Å². The molecule has 0 bridgehead atoms. The number of ether oxygens (including phenoxy) is 1. The average molecular weight is 563 g/mol. The van der Waals surface area contributed by atoms with Crippen LogP contribution in [-0.4, -0.2) is 58.0 Å². The van der Waals surface area contributed by atoms with Crippen LogP contribution in [0.2, 0.25) is 0 Å². The van der Waals surface area contributed by atoms with Crippen LogP contribution in [0.5, 0.6) is 11.6 Å². The molecule has 1 aromatic carbocycles. The first-order valence-electron chi connectivity index (χ1n) is 11.5. The zero-order valence-corrected chi connectivity index (χ0v) is 21.4. The second kappa shape index (κ2) is 9.72. The maximum Gasteiger partial charge on any atom is 0.534 e. The zero-order valence-electron chi connectivity index (χ0n) is 20.6. The number of rotatable bonds is 7. The Bertz CT molecular complexity index is 1650. The average Bonchev–Trinajstić information content (AvgIpc) is 3.49. The minimum absolute atomic E-state index is 0.0107. The summed E-state index contributed by atoms with van der Waals surface area (Å²) in [4.78, 5) is 19.0. The summed E-state index contributed by atoms with van der Waals surface area (Å²) < 4.78 is 75.4. The minimum Gasteiger partial charge on any atom is -0.497 e. The fourth-order valence-electron chi connectivity index (χ4n) is 4.07. The molecule has 0 fully saturated rings. The summed E-state index contributed by atoms with van der Waals surface area (Å²) >= 11 is 0. The van der Waals surface area contributed by atoms with E-state index in [1.807, 2.05) is 24.3 Å². The molecule has 39 heavy (non-hydrogen) atoms. The summed E-state index contributed by atoms with van der Waals surface area (Å²) in [6, 6.07) is 12.0. The van der Waals surface area contributed by atoms with Crippen LogP contribution in [0.3, 0.4) is 0 Å². The standard InChI is InChI=1S/C24H21F3N6O5S/c1-15-4-3-5-20(29-15)33-23(38-39(35,36)24(25,26)27)19-10-11-32(22(34)21(19)30-33)17-12-28-31(14-17)13-16-6-8-18(37-2)9-7-16/h3-9,12,14H,10-11,13H2,1-2H3. The van der Waals surface area contributed by atoms with E-state index in [4.69, 9.17) is 4.74 Å². The zero-order chi connectivity index (χ0) is 27.9. The number of alkyl halides is 3. The van der Waals surface area contributed by atoms with E-state index >= 15 is 0 Å². The van der Waals surface area contributed by atoms with Crippen molar-refractivity contribution in [2.75, 3.05) is 18.6 Å². The number of methoxy groups -OCH3 is 1. The Morgan fingerprint density at radius 3 is 2.51 bits per heavy atom. The van der Waals surface area contributed by atoms with E-state index in [0.717, 1.165) is 10.2 Å². The molecule has 0 atom stereocenters. The molecule has 204 valence electrons. The molecule has 1 aliphatic heterocycles. The minimum atomic E-state index is -6.04. The Balaban J connectivity index is 1.48. The van der Waals surface area contributed by atoms with Gasteiger partial charge in [-0.15, -0.1) is 0 Å². The van der Waals surface area contributed by atoms with E-state index in [2.05, 4.69) is 19.4 Å². The molecule has 0 radical (unpaired) electrons. The van der Waals surface area contributed by atoms with E-state index in [1.54, 1.807) is 37.0 Å². The second-order valence-corrected chi connectivity index (χ2v) is 10.2. The van der Waals surface area contributed by atoms with Crippen LogP contribution in [0.1, 0.15) is 27.3 Å². The highest BCUT2D eigenvalue weighted by atomic mass is 32.2. The molecule has 0 spiro atoms. The van der Waals surface area contributed by atoms with Gasteiger partial charge in [-0.2, -0.15) is 36.5 Å². The number of carbonyl (C=O) groups is 1. The largest absolute Gasteiger partial charge is 0.534 e. The first-order valence-corrected chi connectivity index (χ1v) is 12.9. The SMILES string of the molecule is COc1ccc(Cn2cc(N3CCc4c(nn(-c5cccc(C)n5)c4OS(=O)(=O)C(F)(F)F)C3=O)cn2)cc1. The van der Waals surface area contributed by atoms with Gasteiger partial charge in [-0.3, -0.25) is 9.48 Å². The van der Waals surface area contributed by atoms with Gasteiger partial charge in [0.25, 0.3) is 5.91 Å². The Hall–Kier alpha value is -4.40. The van der Waals surface area contributed by atoms with Crippen molar-refractivity contribution in [2.45, 2.75) is 25.4 Å². The predicted molar refractivity (Wildman–Crippen MR) is 131 cm³/mol. The van der Waals surface area contributed by atoms with E-state index in [0.29, 0.717) is 23.7 Å². The molecule has 4 heterocycles. The number of aryl methyl sites for hydroxylation is 1. The van der Waals surface area contributed by atoms with Gasteiger partial charge in [0.15, 0.2) is 11.5 Å². The van der Waals surface area contributed by atoms with E-state index in [9.17, 15) is 26.4 Å². The Morgan fingerprint density at radius 1 is 1.10 bits per heavy atom. The molecule has 1 aliphatic rings. The lowest BCUT2D eigenvalue weighted by molar-refractivity contribution is -0.0502. The highest BCUT2D eigenvalue weighted by Gasteiger charge is 2.50. The monoisotopic (exact) mass is 562 g/mol. The van der Waals surface area contributed by atoms with Crippen molar-refractivity contribution >= 4 is 21.7 Å². The highest BCUT2D eigenvalue weighted by molar-refractivity contribution is 7.88. The maximum absolute atomic E-state index is 13.4. The molecule has 0 saturated heterocycles. The number of anilines is 1. The molecule has 15 heteroatoms. The van der Waals surface area contributed by atoms with Crippen molar-refractivity contribution in [3.63, 3.8) is 0 Å². The van der Waals surface area contributed by atoms with Crippen molar-refractivity contribution in [3.8, 4) is 17.4 Å². The van der Waals surface area contributed by atoms with Crippen LogP contribution in [0.25, 0.3) is 5.82 Å². The number of aromatic nitrogens is 5. The summed E-state index contributed by atoms with van der Waals surface area (Å²) in [5.74, 6) is -0.686. The number of hydrogen-bond donors (Lipinski definition) is 0. The normalized spacial score (nSPS) is 13.9. The molecule has 0 aliphatic carbocycles. The summed E-state index contributed by atoms with van der Waals surface area (Å²) in [6.07, 6.45) is 3.11. The number of hydrogen-bond acceptors (Lipinski definition) is 8. The molecular weight excluding hydrogens is 541 g/mol. The number of amides is 1. The quantitative estimate of drug-likeness (QED) is 0.249. The van der Waals surface area contributed by atoms with Gasteiger partial charge in [0.1, 0.15) is 5.75 Å². The molecule has 0 N–H and O–H groups in total. The number of nitrogens with zero attached hydrogens (tertiary/aromatic N) is 6. The van der Waals surface area contributed by atoms with Gasteiger partial charge in [-0.05, 0) is 43.2 Å². The van der Waals surface area contributed by atoms with Crippen LogP contribution >= 0.6 is 0 Å². The van der Waals surface area contributed by atoms with Gasteiger partial charge in [-0.25, -0.2) is 4.98 Å². The van der Waals surface area contributed by atoms with Crippen LogP contribution in [0.15, 0.2) is 54.9 Å². The molecule has 1 amide bonds. The third-order valence-electron chi connectivity index (χ3n) is 5.97. The third-order valence-corrected chi connectivity index (χ3v) is 6.91. The van der Waals surface area contributed by atoms with E-state index < -0.39 is 27.4 Å². The number of halogens is 3. The molecule has 4 aromatic rings. The third kappa shape index (κ3) is 5.04. The van der Waals surface area contributed by atoms with Crippen LogP contribution in [0.4, 0.5) is 18.9 Å². The molecule has 3 aromatic heterocycles. The number of fused-ring (bicyclic) bond motifs is 1. The summed E-state index contributed by atoms with van der Waals surface area (Å²) in [7, 11) is -4.47. The first-order chi connectivity index (χ1) is 18.5. The Labute approximate surface area is 220 Å². The molecule has 5 rings (SSSR count). The number of pyridine rings is 1. The lowest BCUT2D eigenvalue weighted by Gasteiger charge is -2.24. The molecule has 0 unspecified atom stereocenters. The summed E-state index contributed by atoms with van der Waals surface area (Å²) in [6.45, 7) is 2.07. The van der Waals surface area contributed by atoms with Crippen molar-refractivity contribution in [3.05, 3.63) is 77.4 Å². The Kier molecular flexibility index (Phi) is 6.54. The van der Waals surface area contributed by atoms with Gasteiger partial charge in [0.2, 0.25) is 5.88 Å². The summed E-state index contributed by atoms with van der Waals surface area (Å²) in [5, 5.41) is 8.45. The first kappa shape index (κ1) is 26.2. The number of carbonyl (C=O) groups excluding carboxylic acids is 1. The Morgan fingerprint density at radius 2 is 1.85 bits per heavy atom. The fraction of sp³-hybridized carbons (Fsp3) is 0.250. The molecular formula is C24H21F3N6O5S. The maximum atomic E-state index is 13.4. The van der Waals surface area contributed by atoms with Gasteiger partial charge in [-0.1, -0.05) is 18.2 Å². The van der Waals surface area contributed by atoms with Crippen molar-refractivity contribution in [2.24, 2.45) is 0 Å². The molecule has 11 nitrogen and oxygen atoms in total. The van der Waals surface area contributed by atoms with E-state index in [1.165, 1.54) is 17.2 Å². The van der Waals surface area contributed by atoms with Gasteiger partial charge in [0.05, 0.1) is 31.1 Å². The van der Waals surface area contributed by atoms with Gasteiger partial charge < -0.3 is 13.8 Å². The van der Waals surface area contributed by atoms with Crippen molar-refractivity contribution in [1.29, 1.82) is 0 Å². The lowest BCUT2D eigenvalue weighted by Crippen LogP contribution is -2.37. The summed E-state index contributed by atoms with van der Waals surface area (Å²) in [5.41, 5.74) is -4.14. The van der Waals surface area contributed by atoms with Crippen LogP contribution in [0, 0.1) is 6.92 Å². The second-order valence-electron chi connectivity index (χ2n) is 8.62. The van der Waals surface area contributed by atoms with E-state index in [-0.39, 0.29) is 30.0 Å². The smallest absolute Gasteiger partial charge is 0.497 e. The highest BCUT2D eigenvalue weighted by Crippen LogP contribution is 2.35. The van der Waals surface area contributed by atoms with Crippen LogP contribution < -0.4 is 13.8 Å². The lowest BCUT2D eigenvalue weighted by atomic mass is 10.1. The molecule has 0 saturated carbocycles. The van der Waals surface area contributed by atoms with Crippen molar-refractivity contribution in [1.82, 2.24) is 24.5 Å².